The first-order valence-corrected chi connectivity index (χ1v) is 7.86. The van der Waals surface area contributed by atoms with Crippen molar-refractivity contribution in [3.05, 3.63) is 48.5 Å². The molecule has 3 aromatic rings. The molecular formula is C18H23N3O2. The zero-order chi connectivity index (χ0) is 16.4. The van der Waals surface area contributed by atoms with E-state index in [2.05, 4.69) is 43.3 Å². The van der Waals surface area contributed by atoms with Crippen LogP contribution in [0.2, 0.25) is 0 Å². The highest BCUT2D eigenvalue weighted by Gasteiger charge is 2.29. The van der Waals surface area contributed by atoms with Gasteiger partial charge < -0.3 is 14.8 Å². The average molecular weight is 313 g/mol. The second-order valence-electron chi connectivity index (χ2n) is 6.85. The lowest BCUT2D eigenvalue weighted by molar-refractivity contribution is 0.269. The maximum absolute atomic E-state index is 9.00. The Morgan fingerprint density at radius 3 is 2.78 bits per heavy atom. The molecule has 0 saturated carbocycles. The average Bonchev–Trinajstić information content (AvgIpc) is 3.09. The van der Waals surface area contributed by atoms with Gasteiger partial charge in [-0.3, -0.25) is 4.68 Å². The number of para-hydroxylation sites is 1. The Bertz CT molecular complexity index is 750. The van der Waals surface area contributed by atoms with Crippen LogP contribution in [-0.2, 0) is 6.54 Å². The highest BCUT2D eigenvalue weighted by molar-refractivity contribution is 5.78. The number of fused-ring (bicyclic) bond motifs is 1. The van der Waals surface area contributed by atoms with Crippen molar-refractivity contribution < 1.29 is 9.52 Å². The molecule has 0 saturated heterocycles. The first-order valence-electron chi connectivity index (χ1n) is 7.86. The number of furan rings is 1. The summed E-state index contributed by atoms with van der Waals surface area (Å²) in [7, 11) is 0. The summed E-state index contributed by atoms with van der Waals surface area (Å²) in [4.78, 5) is 0. The van der Waals surface area contributed by atoms with Crippen molar-refractivity contribution in [3.8, 4) is 0 Å². The van der Waals surface area contributed by atoms with Gasteiger partial charge in [0.15, 0.2) is 0 Å². The predicted molar refractivity (Wildman–Crippen MR) is 91.3 cm³/mol. The van der Waals surface area contributed by atoms with Gasteiger partial charge in [-0.05, 0) is 17.5 Å². The maximum Gasteiger partial charge on any atom is 0.134 e. The molecule has 1 atom stereocenters. The van der Waals surface area contributed by atoms with E-state index in [0.717, 1.165) is 22.4 Å². The van der Waals surface area contributed by atoms with Crippen LogP contribution in [0.15, 0.2) is 47.1 Å². The summed E-state index contributed by atoms with van der Waals surface area (Å²) in [5.41, 5.74) is 1.78. The predicted octanol–water partition coefficient (Wildman–Crippen LogP) is 3.82. The molecule has 2 N–H and O–H groups in total. The molecule has 3 rings (SSSR count). The standard InChI is InChI=1S/C18H23N3O2/c1-18(2,3)17(20-14-11-19-21(12-14)8-9-22)16-10-13-6-4-5-7-15(13)23-16/h4-7,10-12,17,20,22H,8-9H2,1-3H3. The molecule has 0 aliphatic rings. The number of benzene rings is 1. The third-order valence-electron chi connectivity index (χ3n) is 3.87. The van der Waals surface area contributed by atoms with Gasteiger partial charge in [0.05, 0.1) is 31.1 Å². The summed E-state index contributed by atoms with van der Waals surface area (Å²) >= 11 is 0. The lowest BCUT2D eigenvalue weighted by Crippen LogP contribution is -2.25. The second kappa shape index (κ2) is 6.08. The molecule has 0 bridgehead atoms. The van der Waals surface area contributed by atoms with Gasteiger partial charge in [0.1, 0.15) is 11.3 Å². The molecule has 0 aliphatic carbocycles. The van der Waals surface area contributed by atoms with E-state index < -0.39 is 0 Å². The monoisotopic (exact) mass is 313 g/mol. The molecule has 5 heteroatoms. The summed E-state index contributed by atoms with van der Waals surface area (Å²) in [6.07, 6.45) is 3.68. The van der Waals surface area contributed by atoms with E-state index in [0.29, 0.717) is 6.54 Å². The van der Waals surface area contributed by atoms with Gasteiger partial charge in [-0.2, -0.15) is 5.10 Å². The SMILES string of the molecule is CC(C)(C)C(Nc1cnn(CCO)c1)c1cc2ccccc2o1. The normalized spacial score (nSPS) is 13.4. The maximum atomic E-state index is 9.00. The third kappa shape index (κ3) is 3.40. The summed E-state index contributed by atoms with van der Waals surface area (Å²) < 4.78 is 7.78. The van der Waals surface area contributed by atoms with Crippen molar-refractivity contribution >= 4 is 16.7 Å². The van der Waals surface area contributed by atoms with E-state index in [1.165, 1.54) is 0 Å². The van der Waals surface area contributed by atoms with Crippen LogP contribution in [-0.4, -0.2) is 21.5 Å². The third-order valence-corrected chi connectivity index (χ3v) is 3.87. The Morgan fingerprint density at radius 2 is 2.09 bits per heavy atom. The van der Waals surface area contributed by atoms with Gasteiger partial charge in [-0.15, -0.1) is 0 Å². The molecule has 1 aromatic carbocycles. The van der Waals surface area contributed by atoms with E-state index in [1.807, 2.05) is 24.4 Å². The van der Waals surface area contributed by atoms with E-state index in [-0.39, 0.29) is 18.1 Å². The number of rotatable bonds is 5. The molecular weight excluding hydrogens is 290 g/mol. The molecule has 0 fully saturated rings. The van der Waals surface area contributed by atoms with Crippen LogP contribution in [0.4, 0.5) is 5.69 Å². The van der Waals surface area contributed by atoms with Crippen molar-refractivity contribution in [2.45, 2.75) is 33.4 Å². The summed E-state index contributed by atoms with van der Waals surface area (Å²) in [6.45, 7) is 7.10. The number of aliphatic hydroxyl groups is 1. The van der Waals surface area contributed by atoms with E-state index in [4.69, 9.17) is 9.52 Å². The Balaban J connectivity index is 1.91. The summed E-state index contributed by atoms with van der Waals surface area (Å²) in [6, 6.07) is 10.1. The van der Waals surface area contributed by atoms with Crippen LogP contribution < -0.4 is 5.32 Å². The number of nitrogens with one attached hydrogen (secondary N) is 1. The van der Waals surface area contributed by atoms with Crippen LogP contribution in [0.3, 0.4) is 0 Å². The lowest BCUT2D eigenvalue weighted by atomic mass is 9.85. The number of nitrogens with zero attached hydrogens (tertiary/aromatic N) is 2. The van der Waals surface area contributed by atoms with Gasteiger partial charge in [0, 0.05) is 11.6 Å². The fourth-order valence-electron chi connectivity index (χ4n) is 2.69. The highest BCUT2D eigenvalue weighted by Crippen LogP contribution is 2.38. The van der Waals surface area contributed by atoms with Gasteiger partial charge in [-0.25, -0.2) is 0 Å². The van der Waals surface area contributed by atoms with E-state index in [1.54, 1.807) is 10.9 Å². The number of hydrogen-bond acceptors (Lipinski definition) is 4. The van der Waals surface area contributed by atoms with Gasteiger partial charge >= 0.3 is 0 Å². The van der Waals surface area contributed by atoms with Gasteiger partial charge in [0.2, 0.25) is 0 Å². The Kier molecular flexibility index (Phi) is 4.13. The Labute approximate surface area is 135 Å². The molecule has 0 aliphatic heterocycles. The number of anilines is 1. The number of aromatic nitrogens is 2. The van der Waals surface area contributed by atoms with Crippen molar-refractivity contribution in [2.24, 2.45) is 5.41 Å². The van der Waals surface area contributed by atoms with E-state index in [9.17, 15) is 0 Å². The first kappa shape index (κ1) is 15.6. The summed E-state index contributed by atoms with van der Waals surface area (Å²) in [5, 5.41) is 17.9. The van der Waals surface area contributed by atoms with Crippen LogP contribution in [0, 0.1) is 5.41 Å². The molecule has 1 unspecified atom stereocenters. The smallest absolute Gasteiger partial charge is 0.134 e. The molecule has 0 radical (unpaired) electrons. The minimum Gasteiger partial charge on any atom is -0.459 e. The number of hydrogen-bond donors (Lipinski definition) is 2. The van der Waals surface area contributed by atoms with E-state index >= 15 is 0 Å². The first-order chi connectivity index (χ1) is 11.0. The number of aliphatic hydroxyl groups excluding tert-OH is 1. The topological polar surface area (TPSA) is 63.2 Å². The largest absolute Gasteiger partial charge is 0.459 e. The molecule has 2 aromatic heterocycles. The zero-order valence-electron chi connectivity index (χ0n) is 13.8. The minimum absolute atomic E-state index is 0.0154. The Morgan fingerprint density at radius 1 is 1.30 bits per heavy atom. The van der Waals surface area contributed by atoms with Crippen molar-refractivity contribution in [1.29, 1.82) is 0 Å². The molecule has 0 spiro atoms. The quantitative estimate of drug-likeness (QED) is 0.751. The fourth-order valence-corrected chi connectivity index (χ4v) is 2.69. The van der Waals surface area contributed by atoms with Crippen LogP contribution in [0.5, 0.6) is 0 Å². The highest BCUT2D eigenvalue weighted by atomic mass is 16.3. The molecule has 2 heterocycles. The van der Waals surface area contributed by atoms with Crippen molar-refractivity contribution in [1.82, 2.24) is 9.78 Å². The van der Waals surface area contributed by atoms with Crippen LogP contribution in [0.1, 0.15) is 32.6 Å². The lowest BCUT2D eigenvalue weighted by Gasteiger charge is -2.30. The minimum atomic E-state index is -0.0348. The fraction of sp³-hybridized carbons (Fsp3) is 0.389. The van der Waals surface area contributed by atoms with Gasteiger partial charge in [-0.1, -0.05) is 39.0 Å². The molecule has 122 valence electrons. The second-order valence-corrected chi connectivity index (χ2v) is 6.85. The van der Waals surface area contributed by atoms with Crippen molar-refractivity contribution in [3.63, 3.8) is 0 Å². The molecule has 23 heavy (non-hydrogen) atoms. The van der Waals surface area contributed by atoms with Crippen LogP contribution in [0.25, 0.3) is 11.0 Å². The Hall–Kier alpha value is -2.27. The molecule has 5 nitrogen and oxygen atoms in total. The van der Waals surface area contributed by atoms with Gasteiger partial charge in [0.25, 0.3) is 0 Å². The summed E-state index contributed by atoms with van der Waals surface area (Å²) in [5.74, 6) is 0.911. The molecule has 0 amide bonds. The van der Waals surface area contributed by atoms with Crippen molar-refractivity contribution in [2.75, 3.05) is 11.9 Å². The van der Waals surface area contributed by atoms with Crippen LogP contribution >= 0.6 is 0 Å². The zero-order valence-corrected chi connectivity index (χ0v) is 13.8.